The molecular formula is C15H23N3O. The van der Waals surface area contributed by atoms with E-state index in [2.05, 4.69) is 28.5 Å². The van der Waals surface area contributed by atoms with Gasteiger partial charge in [-0.05, 0) is 45.6 Å². The van der Waals surface area contributed by atoms with Crippen LogP contribution < -0.4 is 10.6 Å². The summed E-state index contributed by atoms with van der Waals surface area (Å²) in [5.41, 5.74) is 2.31. The molecule has 0 aliphatic carbocycles. The molecule has 1 heterocycles. The van der Waals surface area contributed by atoms with E-state index in [0.29, 0.717) is 0 Å². The lowest BCUT2D eigenvalue weighted by Crippen LogP contribution is -2.43. The van der Waals surface area contributed by atoms with E-state index in [1.54, 1.807) is 0 Å². The van der Waals surface area contributed by atoms with E-state index in [4.69, 9.17) is 0 Å². The second-order valence-electron chi connectivity index (χ2n) is 5.56. The molecule has 1 aromatic carbocycles. The summed E-state index contributed by atoms with van der Waals surface area (Å²) in [6.07, 6.45) is 1.75. The van der Waals surface area contributed by atoms with Crippen molar-refractivity contribution in [1.29, 1.82) is 0 Å². The number of benzene rings is 1. The Morgan fingerprint density at radius 2 is 2.21 bits per heavy atom. The number of rotatable bonds is 5. The Morgan fingerprint density at radius 3 is 2.89 bits per heavy atom. The van der Waals surface area contributed by atoms with E-state index in [-0.39, 0.29) is 18.0 Å². The second-order valence-corrected chi connectivity index (χ2v) is 5.56. The van der Waals surface area contributed by atoms with Crippen LogP contribution >= 0.6 is 0 Å². The molecule has 0 aromatic heterocycles. The number of carbonyl (C=O) groups excluding carboxylic acids is 1. The number of anilines is 1. The van der Waals surface area contributed by atoms with Crippen LogP contribution in [0, 0.1) is 0 Å². The van der Waals surface area contributed by atoms with Gasteiger partial charge in [0, 0.05) is 18.2 Å². The minimum absolute atomic E-state index is 0.0995. The van der Waals surface area contributed by atoms with Gasteiger partial charge in [0.05, 0.1) is 0 Å². The highest BCUT2D eigenvalue weighted by molar-refractivity contribution is 5.87. The number of fused-ring (bicyclic) bond motifs is 1. The van der Waals surface area contributed by atoms with E-state index >= 15 is 0 Å². The maximum Gasteiger partial charge on any atom is 0.243 e. The Bertz CT molecular complexity index is 420. The third-order valence-corrected chi connectivity index (χ3v) is 3.49. The minimum Gasteiger partial charge on any atom is -0.373 e. The molecule has 4 heteroatoms. The molecule has 0 saturated heterocycles. The predicted octanol–water partition coefficient (Wildman–Crippen LogP) is 1.48. The molecule has 0 saturated carbocycles. The average Bonchev–Trinajstić information content (AvgIpc) is 2.80. The largest absolute Gasteiger partial charge is 0.373 e. The number of hydrogen-bond acceptors (Lipinski definition) is 3. The smallest absolute Gasteiger partial charge is 0.243 e. The molecule has 0 fully saturated rings. The summed E-state index contributed by atoms with van der Waals surface area (Å²) in [4.78, 5) is 14.3. The summed E-state index contributed by atoms with van der Waals surface area (Å²) in [5.74, 6) is 0.0995. The summed E-state index contributed by atoms with van der Waals surface area (Å²) >= 11 is 0. The molecule has 19 heavy (non-hydrogen) atoms. The number of carbonyl (C=O) groups is 1. The monoisotopic (exact) mass is 261 g/mol. The molecule has 2 rings (SSSR count). The van der Waals surface area contributed by atoms with Crippen molar-refractivity contribution in [3.8, 4) is 0 Å². The third-order valence-electron chi connectivity index (χ3n) is 3.49. The summed E-state index contributed by atoms with van der Waals surface area (Å²) < 4.78 is 0. The first-order valence-electron chi connectivity index (χ1n) is 6.86. The number of nitrogens with one attached hydrogen (secondary N) is 2. The normalized spacial score (nSPS) is 18.8. The standard InChI is InChI=1S/C15H23N3O/c1-11(8-9-18(2)3)16-15(19)14-10-12-6-4-5-7-13(12)17-14/h4-7,11,14,17H,8-10H2,1-3H3,(H,16,19). The fraction of sp³-hybridized carbons (Fsp3) is 0.533. The highest BCUT2D eigenvalue weighted by Crippen LogP contribution is 2.25. The van der Waals surface area contributed by atoms with Crippen molar-refractivity contribution in [3.05, 3.63) is 29.8 Å². The summed E-state index contributed by atoms with van der Waals surface area (Å²) in [7, 11) is 4.09. The summed E-state index contributed by atoms with van der Waals surface area (Å²) in [5, 5.41) is 6.37. The lowest BCUT2D eigenvalue weighted by atomic mass is 10.1. The number of para-hydroxylation sites is 1. The van der Waals surface area contributed by atoms with Gasteiger partial charge in [0.25, 0.3) is 0 Å². The van der Waals surface area contributed by atoms with Gasteiger partial charge in [-0.1, -0.05) is 18.2 Å². The van der Waals surface area contributed by atoms with Gasteiger partial charge in [0.15, 0.2) is 0 Å². The van der Waals surface area contributed by atoms with Gasteiger partial charge in [0.1, 0.15) is 6.04 Å². The third kappa shape index (κ3) is 3.70. The first-order valence-corrected chi connectivity index (χ1v) is 6.86. The predicted molar refractivity (Wildman–Crippen MR) is 78.3 cm³/mol. The van der Waals surface area contributed by atoms with E-state index in [9.17, 15) is 4.79 Å². The molecule has 104 valence electrons. The Labute approximate surface area is 115 Å². The Balaban J connectivity index is 1.82. The van der Waals surface area contributed by atoms with Crippen LogP contribution in [0.3, 0.4) is 0 Å². The fourth-order valence-corrected chi connectivity index (χ4v) is 2.32. The molecule has 1 aliphatic rings. The maximum atomic E-state index is 12.2. The SMILES string of the molecule is CC(CCN(C)C)NC(=O)C1Cc2ccccc2N1. The molecule has 0 spiro atoms. The molecule has 1 amide bonds. The molecule has 2 unspecified atom stereocenters. The number of hydrogen-bond donors (Lipinski definition) is 2. The van der Waals surface area contributed by atoms with Crippen molar-refractivity contribution >= 4 is 11.6 Å². The summed E-state index contributed by atoms with van der Waals surface area (Å²) in [6.45, 7) is 3.04. The molecule has 0 radical (unpaired) electrons. The van der Waals surface area contributed by atoms with Gasteiger partial charge in [0.2, 0.25) is 5.91 Å². The van der Waals surface area contributed by atoms with Crippen molar-refractivity contribution in [2.75, 3.05) is 26.0 Å². The van der Waals surface area contributed by atoms with Crippen LogP contribution in [0.25, 0.3) is 0 Å². The van der Waals surface area contributed by atoms with Crippen LogP contribution in [0.2, 0.25) is 0 Å². The van der Waals surface area contributed by atoms with E-state index in [1.165, 1.54) is 5.56 Å². The van der Waals surface area contributed by atoms with E-state index < -0.39 is 0 Å². The zero-order valence-corrected chi connectivity index (χ0v) is 11.9. The van der Waals surface area contributed by atoms with Crippen molar-refractivity contribution in [2.24, 2.45) is 0 Å². The molecule has 1 aromatic rings. The lowest BCUT2D eigenvalue weighted by Gasteiger charge is -2.19. The molecule has 0 bridgehead atoms. The Kier molecular flexibility index (Phi) is 4.43. The van der Waals surface area contributed by atoms with Gasteiger partial charge in [-0.15, -0.1) is 0 Å². The van der Waals surface area contributed by atoms with Crippen molar-refractivity contribution in [2.45, 2.75) is 31.8 Å². The second kappa shape index (κ2) is 6.06. The first kappa shape index (κ1) is 13.9. The highest BCUT2D eigenvalue weighted by atomic mass is 16.2. The van der Waals surface area contributed by atoms with Gasteiger partial charge < -0.3 is 15.5 Å². The Morgan fingerprint density at radius 1 is 1.47 bits per heavy atom. The fourth-order valence-electron chi connectivity index (χ4n) is 2.32. The maximum absolute atomic E-state index is 12.2. The van der Waals surface area contributed by atoms with Crippen molar-refractivity contribution in [1.82, 2.24) is 10.2 Å². The van der Waals surface area contributed by atoms with Crippen LogP contribution in [-0.4, -0.2) is 43.5 Å². The lowest BCUT2D eigenvalue weighted by molar-refractivity contribution is -0.122. The minimum atomic E-state index is -0.126. The van der Waals surface area contributed by atoms with Crippen LogP contribution in [-0.2, 0) is 11.2 Å². The number of amides is 1. The van der Waals surface area contributed by atoms with Crippen molar-refractivity contribution in [3.63, 3.8) is 0 Å². The zero-order chi connectivity index (χ0) is 13.8. The van der Waals surface area contributed by atoms with Crippen LogP contribution in [0.1, 0.15) is 18.9 Å². The summed E-state index contributed by atoms with van der Waals surface area (Å²) in [6, 6.07) is 8.19. The molecule has 4 nitrogen and oxygen atoms in total. The van der Waals surface area contributed by atoms with Crippen LogP contribution in [0.4, 0.5) is 5.69 Å². The molecule has 2 atom stereocenters. The van der Waals surface area contributed by atoms with Crippen molar-refractivity contribution < 1.29 is 4.79 Å². The van der Waals surface area contributed by atoms with Gasteiger partial charge in [-0.2, -0.15) is 0 Å². The quantitative estimate of drug-likeness (QED) is 0.844. The van der Waals surface area contributed by atoms with Crippen LogP contribution in [0.15, 0.2) is 24.3 Å². The highest BCUT2D eigenvalue weighted by Gasteiger charge is 2.26. The molecule has 1 aliphatic heterocycles. The molecular weight excluding hydrogens is 238 g/mol. The van der Waals surface area contributed by atoms with E-state index in [1.807, 2.05) is 32.3 Å². The van der Waals surface area contributed by atoms with E-state index in [0.717, 1.165) is 25.1 Å². The van der Waals surface area contributed by atoms with Gasteiger partial charge in [-0.25, -0.2) is 0 Å². The topological polar surface area (TPSA) is 44.4 Å². The van der Waals surface area contributed by atoms with Gasteiger partial charge >= 0.3 is 0 Å². The molecule has 2 N–H and O–H groups in total. The van der Waals surface area contributed by atoms with Gasteiger partial charge in [-0.3, -0.25) is 4.79 Å². The number of nitrogens with zero attached hydrogens (tertiary/aromatic N) is 1. The van der Waals surface area contributed by atoms with Crippen LogP contribution in [0.5, 0.6) is 0 Å². The first-order chi connectivity index (χ1) is 9.06. The average molecular weight is 261 g/mol. The zero-order valence-electron chi connectivity index (χ0n) is 11.9. The Hall–Kier alpha value is -1.55.